The summed E-state index contributed by atoms with van der Waals surface area (Å²) in [7, 11) is 0. The molecule has 0 radical (unpaired) electrons. The van der Waals surface area contributed by atoms with E-state index in [4.69, 9.17) is 0 Å². The monoisotopic (exact) mass is 967 g/mol. The quantitative estimate of drug-likeness (QED) is 0.140. The molecule has 76 heavy (non-hydrogen) atoms. The summed E-state index contributed by atoms with van der Waals surface area (Å²) in [6, 6.07) is 109. The molecule has 3 heteroatoms. The van der Waals surface area contributed by atoms with Gasteiger partial charge in [-0.15, -0.1) is 0 Å². The van der Waals surface area contributed by atoms with Gasteiger partial charge >= 0.3 is 0 Å². The van der Waals surface area contributed by atoms with Crippen LogP contribution in [0.25, 0.3) is 88.4 Å². The van der Waals surface area contributed by atoms with Crippen molar-refractivity contribution in [2.24, 2.45) is 0 Å². The minimum Gasteiger partial charge on any atom is -0.310 e. The maximum atomic E-state index is 2.42. The summed E-state index contributed by atoms with van der Waals surface area (Å²) in [5.41, 5.74) is 22.1. The van der Waals surface area contributed by atoms with Gasteiger partial charge in [0.25, 0.3) is 0 Å². The molecule has 0 fully saturated rings. The summed E-state index contributed by atoms with van der Waals surface area (Å²) in [6.45, 7) is 0. The van der Waals surface area contributed by atoms with Crippen molar-refractivity contribution >= 4 is 60.7 Å². The standard InChI is InChI=1S/C73H49N3/c1-3-19-54(20-4-1)73(55-21-5-2-6-22-55)67-29-12-7-24-61(67)66-49-60(46-47-68(66)73)74(56-40-34-50(35-41-56)51-36-44-58(45-37-51)75-69-30-13-8-25-62(69)63-26-9-14-31-70(63)75)57-42-38-52(39-43-57)53-18-17-23-59(48-53)76-71-32-15-10-27-64(71)65-28-11-16-33-72(65)76/h1-49H. The highest BCUT2D eigenvalue weighted by Gasteiger charge is 2.46. The predicted molar refractivity (Wildman–Crippen MR) is 318 cm³/mol. The first-order valence-electron chi connectivity index (χ1n) is 26.2. The van der Waals surface area contributed by atoms with Gasteiger partial charge in [-0.1, -0.05) is 212 Å². The molecule has 0 spiro atoms. The van der Waals surface area contributed by atoms with Gasteiger partial charge in [-0.25, -0.2) is 0 Å². The lowest BCUT2D eigenvalue weighted by Gasteiger charge is -2.34. The van der Waals surface area contributed by atoms with Crippen LogP contribution in [0, 0.1) is 0 Å². The van der Waals surface area contributed by atoms with Gasteiger partial charge in [0.05, 0.1) is 27.5 Å². The third-order valence-corrected chi connectivity index (χ3v) is 16.0. The lowest BCUT2D eigenvalue weighted by molar-refractivity contribution is 0.768. The highest BCUT2D eigenvalue weighted by Crippen LogP contribution is 2.57. The van der Waals surface area contributed by atoms with E-state index in [0.29, 0.717) is 0 Å². The molecule has 0 bridgehead atoms. The van der Waals surface area contributed by atoms with Crippen molar-refractivity contribution in [3.8, 4) is 44.8 Å². The van der Waals surface area contributed by atoms with Crippen molar-refractivity contribution in [3.05, 3.63) is 320 Å². The molecular formula is C73H49N3. The Labute approximate surface area is 442 Å². The molecule has 0 amide bonds. The zero-order valence-corrected chi connectivity index (χ0v) is 41.6. The van der Waals surface area contributed by atoms with E-state index >= 15 is 0 Å². The van der Waals surface area contributed by atoms with Gasteiger partial charge in [0.15, 0.2) is 0 Å². The summed E-state index contributed by atoms with van der Waals surface area (Å²) in [5, 5.41) is 5.05. The van der Waals surface area contributed by atoms with Crippen LogP contribution in [0.1, 0.15) is 22.3 Å². The van der Waals surface area contributed by atoms with E-state index in [0.717, 1.165) is 39.6 Å². The maximum absolute atomic E-state index is 2.42. The molecule has 15 rings (SSSR count). The van der Waals surface area contributed by atoms with E-state index in [2.05, 4.69) is 311 Å². The molecule has 0 N–H and O–H groups in total. The maximum Gasteiger partial charge on any atom is 0.0713 e. The number of hydrogen-bond acceptors (Lipinski definition) is 1. The van der Waals surface area contributed by atoms with Gasteiger partial charge in [0.2, 0.25) is 0 Å². The molecule has 12 aromatic carbocycles. The minimum atomic E-state index is -0.480. The summed E-state index contributed by atoms with van der Waals surface area (Å²) >= 11 is 0. The van der Waals surface area contributed by atoms with E-state index < -0.39 is 5.41 Å². The van der Waals surface area contributed by atoms with Gasteiger partial charge < -0.3 is 14.0 Å². The van der Waals surface area contributed by atoms with Crippen LogP contribution in [0.5, 0.6) is 0 Å². The average Bonchev–Trinajstić information content (AvgIpc) is 4.29. The van der Waals surface area contributed by atoms with Crippen LogP contribution < -0.4 is 4.90 Å². The Balaban J connectivity index is 0.841. The van der Waals surface area contributed by atoms with Gasteiger partial charge in [-0.3, -0.25) is 0 Å². The second kappa shape index (κ2) is 17.6. The largest absolute Gasteiger partial charge is 0.310 e. The molecule has 0 saturated carbocycles. The Hall–Kier alpha value is -9.96. The van der Waals surface area contributed by atoms with E-state index in [1.54, 1.807) is 0 Å². The van der Waals surface area contributed by atoms with E-state index in [9.17, 15) is 0 Å². The van der Waals surface area contributed by atoms with Crippen LogP contribution in [0.3, 0.4) is 0 Å². The van der Waals surface area contributed by atoms with Gasteiger partial charge in [0, 0.05) is 50.0 Å². The minimum absolute atomic E-state index is 0.480. The van der Waals surface area contributed by atoms with E-state index in [1.807, 2.05) is 0 Å². The van der Waals surface area contributed by atoms with Crippen LogP contribution in [0.2, 0.25) is 0 Å². The number of rotatable bonds is 9. The second-order valence-corrected chi connectivity index (χ2v) is 20.0. The third kappa shape index (κ3) is 6.76. The van der Waals surface area contributed by atoms with Crippen molar-refractivity contribution in [1.29, 1.82) is 0 Å². The zero-order chi connectivity index (χ0) is 50.2. The van der Waals surface area contributed by atoms with Crippen LogP contribution in [0.4, 0.5) is 17.1 Å². The van der Waals surface area contributed by atoms with Crippen LogP contribution in [0.15, 0.2) is 297 Å². The molecule has 1 aliphatic rings. The molecule has 0 atom stereocenters. The molecule has 0 aliphatic heterocycles. The number of para-hydroxylation sites is 4. The first kappa shape index (κ1) is 43.6. The van der Waals surface area contributed by atoms with Crippen molar-refractivity contribution in [1.82, 2.24) is 9.13 Å². The molecule has 2 heterocycles. The lowest BCUT2D eigenvalue weighted by atomic mass is 9.68. The number of fused-ring (bicyclic) bond motifs is 9. The first-order valence-corrected chi connectivity index (χ1v) is 26.2. The van der Waals surface area contributed by atoms with Crippen molar-refractivity contribution < 1.29 is 0 Å². The van der Waals surface area contributed by atoms with Gasteiger partial charge in [-0.05, 0) is 141 Å². The molecule has 14 aromatic rings. The van der Waals surface area contributed by atoms with Crippen LogP contribution in [-0.2, 0) is 5.41 Å². The summed E-state index contributed by atoms with van der Waals surface area (Å²) in [6.07, 6.45) is 0. The Morgan fingerprint density at radius 3 is 1.18 bits per heavy atom. The topological polar surface area (TPSA) is 13.1 Å². The lowest BCUT2D eigenvalue weighted by Crippen LogP contribution is -2.28. The fraction of sp³-hybridized carbons (Fsp3) is 0.0137. The number of anilines is 3. The summed E-state index contributed by atoms with van der Waals surface area (Å²) in [5.74, 6) is 0. The van der Waals surface area contributed by atoms with E-state index in [-0.39, 0.29) is 0 Å². The zero-order valence-electron chi connectivity index (χ0n) is 41.6. The Bertz CT molecular complexity index is 4340. The number of hydrogen-bond donors (Lipinski definition) is 0. The predicted octanol–water partition coefficient (Wildman–Crippen LogP) is 19.0. The second-order valence-electron chi connectivity index (χ2n) is 20.0. The van der Waals surface area contributed by atoms with Crippen molar-refractivity contribution in [2.75, 3.05) is 4.90 Å². The normalized spacial score (nSPS) is 12.6. The smallest absolute Gasteiger partial charge is 0.0713 e. The number of aromatic nitrogens is 2. The van der Waals surface area contributed by atoms with Crippen molar-refractivity contribution in [3.63, 3.8) is 0 Å². The Morgan fingerprint density at radius 1 is 0.250 bits per heavy atom. The van der Waals surface area contributed by atoms with Crippen LogP contribution in [-0.4, -0.2) is 9.13 Å². The summed E-state index contributed by atoms with van der Waals surface area (Å²) in [4.78, 5) is 2.42. The molecule has 3 nitrogen and oxygen atoms in total. The molecule has 0 unspecified atom stereocenters. The Morgan fingerprint density at radius 2 is 0.658 bits per heavy atom. The van der Waals surface area contributed by atoms with Crippen molar-refractivity contribution in [2.45, 2.75) is 5.41 Å². The molecular weight excluding hydrogens is 919 g/mol. The molecule has 0 saturated heterocycles. The Kier molecular flexibility index (Phi) is 10.1. The highest BCUT2D eigenvalue weighted by molar-refractivity contribution is 6.10. The first-order chi connectivity index (χ1) is 37.7. The highest BCUT2D eigenvalue weighted by atomic mass is 15.1. The van der Waals surface area contributed by atoms with E-state index in [1.165, 1.54) is 88.1 Å². The molecule has 2 aromatic heterocycles. The fourth-order valence-corrected chi connectivity index (χ4v) is 12.7. The van der Waals surface area contributed by atoms with Crippen LogP contribution >= 0.6 is 0 Å². The average molecular weight is 968 g/mol. The third-order valence-electron chi connectivity index (χ3n) is 16.0. The SMILES string of the molecule is c1ccc(C2(c3ccccc3)c3ccccc3-c3cc(N(c4ccc(-c5ccc(-n6c7ccccc7c7ccccc76)cc5)cc4)c4ccc(-c5cccc(-n6c7ccccc7c7ccccc76)c5)cc4)ccc32)cc1. The molecule has 356 valence electrons. The summed E-state index contributed by atoms with van der Waals surface area (Å²) < 4.78 is 4.77. The van der Waals surface area contributed by atoms with Gasteiger partial charge in [-0.2, -0.15) is 0 Å². The van der Waals surface area contributed by atoms with Gasteiger partial charge in [0.1, 0.15) is 0 Å². The number of benzene rings is 12. The molecule has 1 aliphatic carbocycles. The fourth-order valence-electron chi connectivity index (χ4n) is 12.7. The number of nitrogens with zero attached hydrogens (tertiary/aromatic N) is 3.